The van der Waals surface area contributed by atoms with E-state index in [1.54, 1.807) is 0 Å². The van der Waals surface area contributed by atoms with E-state index in [-0.39, 0.29) is 18.7 Å². The first-order valence-electron chi connectivity index (χ1n) is 8.26. The molecule has 26 heavy (non-hydrogen) atoms. The fourth-order valence-electron chi connectivity index (χ4n) is 2.86. The molecule has 4 nitrogen and oxygen atoms in total. The number of benzene rings is 3. The number of amides is 1. The number of nitrogens with one attached hydrogen (secondary N) is 1. The van der Waals surface area contributed by atoms with Crippen LogP contribution in [-0.2, 0) is 22.4 Å². The van der Waals surface area contributed by atoms with Crippen LogP contribution in [0.5, 0.6) is 0 Å². The Morgan fingerprint density at radius 2 is 1.65 bits per heavy atom. The summed E-state index contributed by atoms with van der Waals surface area (Å²) < 4.78 is 0.986. The molecular weight excluding hydrogens is 441 g/mol. The van der Waals surface area contributed by atoms with Crippen molar-refractivity contribution in [1.29, 1.82) is 0 Å². The molecule has 0 radical (unpaired) electrons. The Balaban J connectivity index is 1.69. The molecule has 0 spiro atoms. The fourth-order valence-corrected chi connectivity index (χ4v) is 3.47. The number of carboxylic acids is 1. The number of hydrogen-bond donors (Lipinski definition) is 2. The summed E-state index contributed by atoms with van der Waals surface area (Å²) in [4.78, 5) is 23.9. The maximum atomic E-state index is 12.4. The van der Waals surface area contributed by atoms with Crippen molar-refractivity contribution in [2.24, 2.45) is 0 Å². The molecule has 0 aliphatic rings. The van der Waals surface area contributed by atoms with Crippen LogP contribution < -0.4 is 5.32 Å². The molecule has 0 bridgehead atoms. The Labute approximate surface area is 165 Å². The number of fused-ring (bicyclic) bond motifs is 1. The summed E-state index contributed by atoms with van der Waals surface area (Å²) in [6.07, 6.45) is 0.415. The van der Waals surface area contributed by atoms with Crippen LogP contribution in [0.15, 0.2) is 66.7 Å². The topological polar surface area (TPSA) is 66.4 Å². The molecule has 132 valence electrons. The third-order valence-electron chi connectivity index (χ3n) is 4.19. The van der Waals surface area contributed by atoms with Crippen LogP contribution in [0, 0.1) is 3.57 Å². The lowest BCUT2D eigenvalue weighted by molar-refractivity contribution is -0.141. The summed E-state index contributed by atoms with van der Waals surface area (Å²) in [5.41, 5.74) is 1.77. The van der Waals surface area contributed by atoms with Crippen LogP contribution in [0.4, 0.5) is 0 Å². The molecule has 0 aliphatic heterocycles. The highest BCUT2D eigenvalue weighted by molar-refractivity contribution is 14.1. The lowest BCUT2D eigenvalue weighted by Gasteiger charge is -2.15. The minimum atomic E-state index is -1.03. The van der Waals surface area contributed by atoms with E-state index in [1.165, 1.54) is 0 Å². The Morgan fingerprint density at radius 1 is 0.962 bits per heavy atom. The van der Waals surface area contributed by atoms with Gasteiger partial charge < -0.3 is 10.4 Å². The Kier molecular flexibility index (Phi) is 5.88. The summed E-state index contributed by atoms with van der Waals surface area (Å²) in [5, 5.41) is 14.3. The van der Waals surface area contributed by atoms with E-state index in [1.807, 2.05) is 66.7 Å². The third-order valence-corrected chi connectivity index (χ3v) is 5.25. The summed E-state index contributed by atoms with van der Waals surface area (Å²) in [7, 11) is 0. The van der Waals surface area contributed by atoms with Gasteiger partial charge >= 0.3 is 5.97 Å². The lowest BCUT2D eigenvalue weighted by Crippen LogP contribution is -2.43. The monoisotopic (exact) mass is 459 g/mol. The molecule has 1 amide bonds. The van der Waals surface area contributed by atoms with Gasteiger partial charge in [-0.25, -0.2) is 4.79 Å². The maximum Gasteiger partial charge on any atom is 0.326 e. The van der Waals surface area contributed by atoms with Crippen molar-refractivity contribution in [3.8, 4) is 0 Å². The van der Waals surface area contributed by atoms with Gasteiger partial charge in [-0.15, -0.1) is 0 Å². The molecule has 3 aromatic rings. The number of hydrogen-bond acceptors (Lipinski definition) is 2. The maximum absolute atomic E-state index is 12.4. The molecule has 0 heterocycles. The van der Waals surface area contributed by atoms with Crippen molar-refractivity contribution in [3.63, 3.8) is 0 Å². The van der Waals surface area contributed by atoms with Crippen molar-refractivity contribution in [1.82, 2.24) is 5.32 Å². The van der Waals surface area contributed by atoms with E-state index in [0.717, 1.165) is 25.5 Å². The molecule has 3 aromatic carbocycles. The zero-order valence-electron chi connectivity index (χ0n) is 14.0. The lowest BCUT2D eigenvalue weighted by atomic mass is 10.0. The zero-order chi connectivity index (χ0) is 18.5. The minimum Gasteiger partial charge on any atom is -0.480 e. The quantitative estimate of drug-likeness (QED) is 0.552. The highest BCUT2D eigenvalue weighted by atomic mass is 127. The van der Waals surface area contributed by atoms with Gasteiger partial charge in [0.25, 0.3) is 0 Å². The Hall–Kier alpha value is -2.41. The van der Waals surface area contributed by atoms with Crippen LogP contribution in [-0.4, -0.2) is 23.0 Å². The standard InChI is InChI=1S/C21H18INO3/c22-18-8-4-3-7-17(18)13-19(21(25)26)23-20(24)12-14-9-10-15-5-1-2-6-16(15)11-14/h1-11,19H,12-13H2,(H,23,24)(H,25,26)/t19-/m0/s1. The minimum absolute atomic E-state index is 0.153. The van der Waals surface area contributed by atoms with Gasteiger partial charge in [0.15, 0.2) is 0 Å². The number of aliphatic carboxylic acids is 1. The number of rotatable bonds is 6. The van der Waals surface area contributed by atoms with E-state index >= 15 is 0 Å². The van der Waals surface area contributed by atoms with Crippen LogP contribution >= 0.6 is 22.6 Å². The molecule has 2 N–H and O–H groups in total. The van der Waals surface area contributed by atoms with Crippen LogP contribution in [0.2, 0.25) is 0 Å². The highest BCUT2D eigenvalue weighted by Crippen LogP contribution is 2.17. The molecule has 0 aromatic heterocycles. The predicted octanol–water partition coefficient (Wildman–Crippen LogP) is 3.80. The third kappa shape index (κ3) is 4.60. The van der Waals surface area contributed by atoms with E-state index in [9.17, 15) is 14.7 Å². The number of halogens is 1. The molecule has 0 unspecified atom stereocenters. The number of carbonyl (C=O) groups is 2. The van der Waals surface area contributed by atoms with Gasteiger partial charge in [0, 0.05) is 9.99 Å². The normalized spacial score (nSPS) is 11.9. The van der Waals surface area contributed by atoms with Crippen molar-refractivity contribution in [3.05, 3.63) is 81.4 Å². The van der Waals surface area contributed by atoms with Gasteiger partial charge in [-0.3, -0.25) is 4.79 Å². The van der Waals surface area contributed by atoms with Crippen molar-refractivity contribution < 1.29 is 14.7 Å². The second-order valence-corrected chi connectivity index (χ2v) is 7.27. The van der Waals surface area contributed by atoms with Gasteiger partial charge in [-0.1, -0.05) is 60.7 Å². The fraction of sp³-hybridized carbons (Fsp3) is 0.143. The summed E-state index contributed by atoms with van der Waals surface area (Å²) >= 11 is 2.17. The Morgan fingerprint density at radius 3 is 2.38 bits per heavy atom. The van der Waals surface area contributed by atoms with Crippen LogP contribution in [0.1, 0.15) is 11.1 Å². The SMILES string of the molecule is O=C(Cc1ccc2ccccc2c1)N[C@@H](Cc1ccccc1I)C(=O)O. The average Bonchev–Trinajstić information content (AvgIpc) is 2.62. The van der Waals surface area contributed by atoms with Crippen LogP contribution in [0.25, 0.3) is 10.8 Å². The largest absolute Gasteiger partial charge is 0.480 e. The van der Waals surface area contributed by atoms with Gasteiger partial charge in [0.2, 0.25) is 5.91 Å². The van der Waals surface area contributed by atoms with E-state index in [4.69, 9.17) is 0 Å². The van der Waals surface area contributed by atoms with E-state index in [0.29, 0.717) is 0 Å². The molecule has 5 heteroatoms. The van der Waals surface area contributed by atoms with Crippen molar-refractivity contribution in [2.45, 2.75) is 18.9 Å². The molecule has 0 fully saturated rings. The molecule has 1 atom stereocenters. The summed E-state index contributed by atoms with van der Waals surface area (Å²) in [6, 6.07) is 20.4. The second kappa shape index (κ2) is 8.31. The first kappa shape index (κ1) is 18.4. The Bertz CT molecular complexity index is 955. The van der Waals surface area contributed by atoms with Gasteiger partial charge in [-0.05, 0) is 50.6 Å². The summed E-state index contributed by atoms with van der Waals surface area (Å²) in [6.45, 7) is 0. The first-order valence-corrected chi connectivity index (χ1v) is 9.34. The van der Waals surface area contributed by atoms with Crippen molar-refractivity contribution >= 4 is 45.2 Å². The molecule has 3 rings (SSSR count). The zero-order valence-corrected chi connectivity index (χ0v) is 16.1. The van der Waals surface area contributed by atoms with Gasteiger partial charge in [-0.2, -0.15) is 0 Å². The predicted molar refractivity (Wildman–Crippen MR) is 110 cm³/mol. The van der Waals surface area contributed by atoms with E-state index < -0.39 is 12.0 Å². The molecule has 0 aliphatic carbocycles. The van der Waals surface area contributed by atoms with Crippen LogP contribution in [0.3, 0.4) is 0 Å². The highest BCUT2D eigenvalue weighted by Gasteiger charge is 2.21. The average molecular weight is 459 g/mol. The van der Waals surface area contributed by atoms with Crippen molar-refractivity contribution in [2.75, 3.05) is 0 Å². The van der Waals surface area contributed by atoms with E-state index in [2.05, 4.69) is 27.9 Å². The number of carbonyl (C=O) groups excluding carboxylic acids is 1. The summed E-state index contributed by atoms with van der Waals surface area (Å²) in [5.74, 6) is -1.32. The van der Waals surface area contributed by atoms with Gasteiger partial charge in [0.05, 0.1) is 6.42 Å². The molecule has 0 saturated carbocycles. The molecular formula is C21H18INO3. The first-order chi connectivity index (χ1) is 12.5. The second-order valence-electron chi connectivity index (χ2n) is 6.11. The smallest absolute Gasteiger partial charge is 0.326 e. The molecule has 0 saturated heterocycles. The number of carboxylic acid groups (broad SMARTS) is 1. The van der Waals surface area contributed by atoms with Gasteiger partial charge in [0.1, 0.15) is 6.04 Å².